The third-order valence-electron chi connectivity index (χ3n) is 3.32. The normalized spacial score (nSPS) is 25.6. The van der Waals surface area contributed by atoms with Gasteiger partial charge in [-0.25, -0.2) is 0 Å². The van der Waals surface area contributed by atoms with Crippen molar-refractivity contribution in [2.24, 2.45) is 0 Å². The molecule has 1 atom stereocenters. The predicted molar refractivity (Wildman–Crippen MR) is 64.5 cm³/mol. The maximum atomic E-state index is 5.76. The van der Waals surface area contributed by atoms with Gasteiger partial charge in [0.25, 0.3) is 5.89 Å². The van der Waals surface area contributed by atoms with Gasteiger partial charge in [0, 0.05) is 0 Å². The average Bonchev–Trinajstić information content (AvgIpc) is 2.96. The van der Waals surface area contributed by atoms with Gasteiger partial charge in [0.15, 0.2) is 0 Å². The first-order valence-electron chi connectivity index (χ1n) is 6.76. The van der Waals surface area contributed by atoms with Gasteiger partial charge < -0.3 is 24.1 Å². The molecule has 2 aliphatic rings. The Kier molecular flexibility index (Phi) is 4.39. The van der Waals surface area contributed by atoms with Crippen LogP contribution in [0.25, 0.3) is 0 Å². The SMILES string of the molecule is C1CC(OCc2nc(C3COCCO3)no2)CCN1. The topological polar surface area (TPSA) is 78.6 Å². The fraction of sp³-hybridized carbons (Fsp3) is 0.833. The van der Waals surface area contributed by atoms with Crippen LogP contribution in [0.15, 0.2) is 4.52 Å². The van der Waals surface area contributed by atoms with E-state index in [2.05, 4.69) is 15.5 Å². The molecule has 0 saturated carbocycles. The van der Waals surface area contributed by atoms with Crippen molar-refractivity contribution in [3.63, 3.8) is 0 Å². The minimum Gasteiger partial charge on any atom is -0.376 e. The highest BCUT2D eigenvalue weighted by Crippen LogP contribution is 2.18. The van der Waals surface area contributed by atoms with E-state index in [9.17, 15) is 0 Å². The molecule has 0 amide bonds. The third-order valence-corrected chi connectivity index (χ3v) is 3.32. The van der Waals surface area contributed by atoms with E-state index in [0.717, 1.165) is 25.9 Å². The molecular weight excluding hydrogens is 250 g/mol. The summed E-state index contributed by atoms with van der Waals surface area (Å²) in [5, 5.41) is 7.22. The molecule has 2 saturated heterocycles. The molecule has 0 aliphatic carbocycles. The third kappa shape index (κ3) is 3.50. The molecule has 2 fully saturated rings. The highest BCUT2D eigenvalue weighted by molar-refractivity contribution is 4.91. The van der Waals surface area contributed by atoms with E-state index in [0.29, 0.717) is 38.1 Å². The van der Waals surface area contributed by atoms with E-state index in [-0.39, 0.29) is 12.2 Å². The van der Waals surface area contributed by atoms with Crippen molar-refractivity contribution in [3.8, 4) is 0 Å². The number of nitrogens with zero attached hydrogens (tertiary/aromatic N) is 2. The lowest BCUT2D eigenvalue weighted by atomic mass is 10.1. The molecule has 19 heavy (non-hydrogen) atoms. The zero-order valence-electron chi connectivity index (χ0n) is 10.8. The van der Waals surface area contributed by atoms with Crippen molar-refractivity contribution in [3.05, 3.63) is 11.7 Å². The molecule has 1 aromatic rings. The first-order valence-corrected chi connectivity index (χ1v) is 6.76. The van der Waals surface area contributed by atoms with Crippen molar-refractivity contribution in [2.45, 2.75) is 31.7 Å². The molecular formula is C12H19N3O4. The van der Waals surface area contributed by atoms with Gasteiger partial charge in [-0.05, 0) is 25.9 Å². The average molecular weight is 269 g/mol. The monoisotopic (exact) mass is 269 g/mol. The summed E-state index contributed by atoms with van der Waals surface area (Å²) < 4.78 is 21.8. The number of nitrogens with one attached hydrogen (secondary N) is 1. The molecule has 0 aromatic carbocycles. The second kappa shape index (κ2) is 6.42. The molecule has 3 heterocycles. The smallest absolute Gasteiger partial charge is 0.252 e. The Labute approximate surface area is 111 Å². The highest BCUT2D eigenvalue weighted by Gasteiger charge is 2.23. The summed E-state index contributed by atoms with van der Waals surface area (Å²) in [6.07, 6.45) is 2.12. The van der Waals surface area contributed by atoms with Crippen LogP contribution in [0.5, 0.6) is 0 Å². The number of rotatable bonds is 4. The number of ether oxygens (including phenoxy) is 3. The molecule has 0 bridgehead atoms. The Morgan fingerprint density at radius 2 is 2.16 bits per heavy atom. The van der Waals surface area contributed by atoms with Crippen LogP contribution >= 0.6 is 0 Å². The predicted octanol–water partition coefficient (Wildman–Crippen LogP) is 0.426. The van der Waals surface area contributed by atoms with E-state index in [1.54, 1.807) is 0 Å². The highest BCUT2D eigenvalue weighted by atomic mass is 16.6. The molecule has 1 N–H and O–H groups in total. The molecule has 1 unspecified atom stereocenters. The molecule has 106 valence electrons. The van der Waals surface area contributed by atoms with Crippen LogP contribution in [0.2, 0.25) is 0 Å². The summed E-state index contributed by atoms with van der Waals surface area (Å²) in [4.78, 5) is 4.29. The van der Waals surface area contributed by atoms with Gasteiger partial charge in [0.05, 0.1) is 25.9 Å². The zero-order valence-corrected chi connectivity index (χ0v) is 10.8. The summed E-state index contributed by atoms with van der Waals surface area (Å²) in [5.41, 5.74) is 0. The Bertz CT molecular complexity index is 386. The van der Waals surface area contributed by atoms with Gasteiger partial charge in [-0.3, -0.25) is 0 Å². The van der Waals surface area contributed by atoms with Gasteiger partial charge in [-0.2, -0.15) is 4.98 Å². The number of aromatic nitrogens is 2. The lowest BCUT2D eigenvalue weighted by Gasteiger charge is -2.22. The molecule has 7 nitrogen and oxygen atoms in total. The van der Waals surface area contributed by atoms with Crippen molar-refractivity contribution in [2.75, 3.05) is 32.9 Å². The first kappa shape index (κ1) is 13.0. The molecule has 0 spiro atoms. The number of hydrogen-bond donors (Lipinski definition) is 1. The van der Waals surface area contributed by atoms with E-state index in [4.69, 9.17) is 18.7 Å². The van der Waals surface area contributed by atoms with Gasteiger partial charge in [-0.15, -0.1) is 0 Å². The Balaban J connectivity index is 1.49. The van der Waals surface area contributed by atoms with Crippen LogP contribution < -0.4 is 5.32 Å². The maximum Gasteiger partial charge on any atom is 0.252 e. The molecule has 3 rings (SSSR count). The number of piperidine rings is 1. The number of hydrogen-bond acceptors (Lipinski definition) is 7. The van der Waals surface area contributed by atoms with Crippen LogP contribution in [-0.4, -0.2) is 49.2 Å². The summed E-state index contributed by atoms with van der Waals surface area (Å²) in [7, 11) is 0. The van der Waals surface area contributed by atoms with E-state index in [1.807, 2.05) is 0 Å². The maximum absolute atomic E-state index is 5.76. The van der Waals surface area contributed by atoms with Crippen molar-refractivity contribution in [1.82, 2.24) is 15.5 Å². The van der Waals surface area contributed by atoms with Crippen molar-refractivity contribution >= 4 is 0 Å². The summed E-state index contributed by atoms with van der Waals surface area (Å²) in [5.74, 6) is 1.05. The van der Waals surface area contributed by atoms with Gasteiger partial charge in [-0.1, -0.05) is 5.16 Å². The van der Waals surface area contributed by atoms with Gasteiger partial charge in [0.2, 0.25) is 5.82 Å². The summed E-state index contributed by atoms with van der Waals surface area (Å²) in [6.45, 7) is 4.06. The minimum absolute atomic E-state index is 0.217. The van der Waals surface area contributed by atoms with Crippen LogP contribution in [0.1, 0.15) is 30.7 Å². The zero-order chi connectivity index (χ0) is 12.9. The van der Waals surface area contributed by atoms with E-state index < -0.39 is 0 Å². The Morgan fingerprint density at radius 1 is 1.26 bits per heavy atom. The van der Waals surface area contributed by atoms with Gasteiger partial charge in [0.1, 0.15) is 12.7 Å². The van der Waals surface area contributed by atoms with Crippen LogP contribution in [-0.2, 0) is 20.8 Å². The second-order valence-electron chi connectivity index (χ2n) is 4.74. The van der Waals surface area contributed by atoms with Crippen LogP contribution in [0.4, 0.5) is 0 Å². The fourth-order valence-corrected chi connectivity index (χ4v) is 2.25. The van der Waals surface area contributed by atoms with Crippen molar-refractivity contribution in [1.29, 1.82) is 0 Å². The summed E-state index contributed by atoms with van der Waals surface area (Å²) >= 11 is 0. The standard InChI is InChI=1S/C12H19N3O4/c1-3-13-4-2-9(1)18-8-11-14-12(15-19-11)10-7-16-5-6-17-10/h9-10,13H,1-8H2. The van der Waals surface area contributed by atoms with Crippen LogP contribution in [0.3, 0.4) is 0 Å². The largest absolute Gasteiger partial charge is 0.376 e. The van der Waals surface area contributed by atoms with E-state index in [1.165, 1.54) is 0 Å². The summed E-state index contributed by atoms with van der Waals surface area (Å²) in [6, 6.07) is 0. The fourth-order valence-electron chi connectivity index (χ4n) is 2.25. The van der Waals surface area contributed by atoms with E-state index >= 15 is 0 Å². The Hall–Kier alpha value is -1.02. The van der Waals surface area contributed by atoms with Crippen molar-refractivity contribution < 1.29 is 18.7 Å². The minimum atomic E-state index is -0.217. The quantitative estimate of drug-likeness (QED) is 0.849. The molecule has 2 aliphatic heterocycles. The lowest BCUT2D eigenvalue weighted by Crippen LogP contribution is -2.32. The molecule has 7 heteroatoms. The molecule has 1 aromatic heterocycles. The molecule has 0 radical (unpaired) electrons. The lowest BCUT2D eigenvalue weighted by molar-refractivity contribution is -0.0941. The van der Waals surface area contributed by atoms with Gasteiger partial charge >= 0.3 is 0 Å². The Morgan fingerprint density at radius 3 is 2.95 bits per heavy atom. The first-order chi connectivity index (χ1) is 9.42. The second-order valence-corrected chi connectivity index (χ2v) is 4.74. The van der Waals surface area contributed by atoms with Crippen LogP contribution in [0, 0.1) is 0 Å².